The highest BCUT2D eigenvalue weighted by atomic mass is 14.2. The first-order chi connectivity index (χ1) is 25.8. The lowest BCUT2D eigenvalue weighted by Crippen LogP contribution is -2.08. The van der Waals surface area contributed by atoms with Crippen molar-refractivity contribution >= 4 is 10.8 Å². The largest absolute Gasteiger partial charge is 0.0654 e. The van der Waals surface area contributed by atoms with Gasteiger partial charge in [-0.1, -0.05) is 245 Å². The first-order valence-electron chi connectivity index (χ1n) is 24.3. The molecular formula is C52H92. The van der Waals surface area contributed by atoms with Crippen LogP contribution >= 0.6 is 0 Å². The minimum atomic E-state index is 1.30. The van der Waals surface area contributed by atoms with E-state index >= 15 is 0 Å². The standard InChI is InChI=1S/C52H92/c1-5-9-13-17-21-23-25-29-33-37-42-48-47(41-35-31-27-19-15-11-7-3)49(43-36-32-28-20-16-12-8-4)51-45-39-40-46-52(51)50(48)44-38-34-30-26-24-22-18-14-10-6-2/h39-40,45-46H,5-38,41-44H2,1-4H3. The Bertz CT molecular complexity index is 1060. The van der Waals surface area contributed by atoms with Crippen LogP contribution < -0.4 is 0 Å². The van der Waals surface area contributed by atoms with E-state index in [0.29, 0.717) is 0 Å². The average molecular weight is 717 g/mol. The van der Waals surface area contributed by atoms with Crippen LogP contribution in [0.1, 0.15) is 268 Å². The molecule has 0 aromatic heterocycles. The molecular weight excluding hydrogens is 625 g/mol. The second kappa shape index (κ2) is 34.2. The van der Waals surface area contributed by atoms with Crippen LogP contribution in [0.4, 0.5) is 0 Å². The average Bonchev–Trinajstić information content (AvgIpc) is 3.16. The topological polar surface area (TPSA) is 0 Å². The monoisotopic (exact) mass is 717 g/mol. The molecule has 0 amide bonds. The fraction of sp³-hybridized carbons (Fsp3) is 0.808. The van der Waals surface area contributed by atoms with Gasteiger partial charge in [-0.15, -0.1) is 0 Å². The minimum absolute atomic E-state index is 1.30. The summed E-state index contributed by atoms with van der Waals surface area (Å²) >= 11 is 0. The van der Waals surface area contributed by atoms with Gasteiger partial charge in [0, 0.05) is 0 Å². The van der Waals surface area contributed by atoms with Gasteiger partial charge in [0.15, 0.2) is 0 Å². The van der Waals surface area contributed by atoms with Crippen molar-refractivity contribution in [1.29, 1.82) is 0 Å². The Morgan fingerprint density at radius 1 is 0.231 bits per heavy atom. The van der Waals surface area contributed by atoms with E-state index in [-0.39, 0.29) is 0 Å². The van der Waals surface area contributed by atoms with E-state index in [2.05, 4.69) is 52.0 Å². The fourth-order valence-electron chi connectivity index (χ4n) is 8.97. The molecule has 2 aromatic carbocycles. The van der Waals surface area contributed by atoms with Crippen LogP contribution in [0.25, 0.3) is 10.8 Å². The molecule has 0 aliphatic heterocycles. The highest BCUT2D eigenvalue weighted by Gasteiger charge is 2.19. The lowest BCUT2D eigenvalue weighted by molar-refractivity contribution is 0.552. The number of rotatable bonds is 38. The molecule has 300 valence electrons. The van der Waals surface area contributed by atoms with Crippen LogP contribution in [-0.4, -0.2) is 0 Å². The van der Waals surface area contributed by atoms with Gasteiger partial charge in [-0.3, -0.25) is 0 Å². The highest BCUT2D eigenvalue weighted by molar-refractivity contribution is 5.91. The molecule has 0 aliphatic rings. The van der Waals surface area contributed by atoms with E-state index in [9.17, 15) is 0 Å². The van der Waals surface area contributed by atoms with Gasteiger partial charge < -0.3 is 0 Å². The van der Waals surface area contributed by atoms with Gasteiger partial charge in [-0.05, 0) is 84.4 Å². The molecule has 2 aromatic rings. The number of aryl methyl sites for hydroxylation is 2. The number of unbranched alkanes of at least 4 members (excludes halogenated alkanes) is 30. The molecule has 0 radical (unpaired) electrons. The Balaban J connectivity index is 2.22. The third kappa shape index (κ3) is 21.6. The summed E-state index contributed by atoms with van der Waals surface area (Å²) in [6, 6.07) is 9.74. The lowest BCUT2D eigenvalue weighted by atomic mass is 9.81. The predicted octanol–water partition coefficient (Wildman–Crippen LogP) is 18.4. The summed E-state index contributed by atoms with van der Waals surface area (Å²) in [7, 11) is 0. The highest BCUT2D eigenvalue weighted by Crippen LogP contribution is 2.36. The Morgan fingerprint density at radius 3 is 0.654 bits per heavy atom. The minimum Gasteiger partial charge on any atom is -0.0654 e. The van der Waals surface area contributed by atoms with Gasteiger partial charge in [-0.25, -0.2) is 0 Å². The Hall–Kier alpha value is -1.30. The molecule has 0 unspecified atom stereocenters. The molecule has 0 bridgehead atoms. The van der Waals surface area contributed by atoms with Crippen LogP contribution in [0.5, 0.6) is 0 Å². The zero-order valence-corrected chi connectivity index (χ0v) is 36.2. The Labute approximate surface area is 327 Å². The van der Waals surface area contributed by atoms with Gasteiger partial charge in [0.05, 0.1) is 0 Å². The molecule has 0 saturated heterocycles. The van der Waals surface area contributed by atoms with E-state index in [0.717, 1.165) is 0 Å². The van der Waals surface area contributed by atoms with E-state index < -0.39 is 0 Å². The van der Waals surface area contributed by atoms with Crippen molar-refractivity contribution in [3.05, 3.63) is 46.5 Å². The van der Waals surface area contributed by atoms with Crippen molar-refractivity contribution in [2.75, 3.05) is 0 Å². The van der Waals surface area contributed by atoms with Gasteiger partial charge in [0.1, 0.15) is 0 Å². The molecule has 0 atom stereocenters. The van der Waals surface area contributed by atoms with Crippen molar-refractivity contribution in [1.82, 2.24) is 0 Å². The molecule has 0 aliphatic carbocycles. The van der Waals surface area contributed by atoms with Gasteiger partial charge in [0.25, 0.3) is 0 Å². The number of fused-ring (bicyclic) bond motifs is 1. The van der Waals surface area contributed by atoms with Crippen molar-refractivity contribution in [3.63, 3.8) is 0 Å². The van der Waals surface area contributed by atoms with Crippen molar-refractivity contribution in [3.8, 4) is 0 Å². The van der Waals surface area contributed by atoms with Crippen LogP contribution in [0.3, 0.4) is 0 Å². The number of hydrogen-bond acceptors (Lipinski definition) is 0. The smallest absolute Gasteiger partial charge is 0.0146 e. The van der Waals surface area contributed by atoms with Crippen molar-refractivity contribution in [2.24, 2.45) is 0 Å². The first-order valence-corrected chi connectivity index (χ1v) is 24.3. The Morgan fingerprint density at radius 2 is 0.423 bits per heavy atom. The molecule has 0 heterocycles. The van der Waals surface area contributed by atoms with Crippen LogP contribution in [-0.2, 0) is 25.7 Å². The molecule has 0 heteroatoms. The second-order valence-electron chi connectivity index (χ2n) is 17.1. The van der Waals surface area contributed by atoms with E-state index in [4.69, 9.17) is 0 Å². The lowest BCUT2D eigenvalue weighted by Gasteiger charge is -2.24. The van der Waals surface area contributed by atoms with Crippen molar-refractivity contribution in [2.45, 2.75) is 272 Å². The fourth-order valence-corrected chi connectivity index (χ4v) is 8.97. The maximum atomic E-state index is 2.52. The SMILES string of the molecule is CCCCCCCCCCCCc1c(CCCCCCCCC)c(CCCCCCCCC)c2ccccc2c1CCCCCCCCCCCC. The molecule has 52 heavy (non-hydrogen) atoms. The summed E-state index contributed by atoms with van der Waals surface area (Å²) in [6.45, 7) is 9.34. The summed E-state index contributed by atoms with van der Waals surface area (Å²) in [6.07, 6.45) is 53.5. The summed E-state index contributed by atoms with van der Waals surface area (Å²) in [5.74, 6) is 0. The van der Waals surface area contributed by atoms with Crippen molar-refractivity contribution < 1.29 is 0 Å². The maximum Gasteiger partial charge on any atom is -0.0146 e. The summed E-state index contributed by atoms with van der Waals surface area (Å²) in [4.78, 5) is 0. The molecule has 0 saturated carbocycles. The van der Waals surface area contributed by atoms with E-state index in [1.807, 2.05) is 11.1 Å². The maximum absolute atomic E-state index is 2.52. The Kier molecular flexibility index (Phi) is 30.8. The predicted molar refractivity (Wildman–Crippen MR) is 238 cm³/mol. The molecule has 2 rings (SSSR count). The third-order valence-corrected chi connectivity index (χ3v) is 12.3. The summed E-state index contributed by atoms with van der Waals surface area (Å²) in [5.41, 5.74) is 7.20. The molecule has 0 fully saturated rings. The summed E-state index contributed by atoms with van der Waals surface area (Å²) < 4.78 is 0. The quantitative estimate of drug-likeness (QED) is 0.0607. The first kappa shape index (κ1) is 46.9. The summed E-state index contributed by atoms with van der Waals surface area (Å²) in [5, 5.41) is 3.25. The van der Waals surface area contributed by atoms with Crippen LogP contribution in [0, 0.1) is 0 Å². The van der Waals surface area contributed by atoms with Gasteiger partial charge in [0.2, 0.25) is 0 Å². The zero-order chi connectivity index (χ0) is 37.2. The molecule has 0 spiro atoms. The normalized spacial score (nSPS) is 11.7. The number of benzene rings is 2. The zero-order valence-electron chi connectivity index (χ0n) is 36.2. The molecule has 0 N–H and O–H groups in total. The third-order valence-electron chi connectivity index (χ3n) is 12.3. The van der Waals surface area contributed by atoms with Gasteiger partial charge >= 0.3 is 0 Å². The van der Waals surface area contributed by atoms with Gasteiger partial charge in [-0.2, -0.15) is 0 Å². The molecule has 0 nitrogen and oxygen atoms in total. The number of hydrogen-bond donors (Lipinski definition) is 0. The van der Waals surface area contributed by atoms with E-state index in [1.165, 1.54) is 244 Å². The van der Waals surface area contributed by atoms with Crippen LogP contribution in [0.15, 0.2) is 24.3 Å². The second-order valence-corrected chi connectivity index (χ2v) is 17.1. The van der Waals surface area contributed by atoms with Crippen LogP contribution in [0.2, 0.25) is 0 Å². The van der Waals surface area contributed by atoms with E-state index in [1.54, 1.807) is 21.9 Å².